The molecule has 0 radical (unpaired) electrons. The summed E-state index contributed by atoms with van der Waals surface area (Å²) in [5.41, 5.74) is 0.285. The molecule has 0 N–H and O–H groups in total. The van der Waals surface area contributed by atoms with E-state index in [1.807, 2.05) is 12.1 Å². The highest BCUT2D eigenvalue weighted by atomic mass is 79.9. The van der Waals surface area contributed by atoms with Crippen LogP contribution in [0.25, 0.3) is 0 Å². The Morgan fingerprint density at radius 1 is 1.20 bits per heavy atom. The van der Waals surface area contributed by atoms with Crippen LogP contribution in [0.4, 0.5) is 0 Å². The van der Waals surface area contributed by atoms with Crippen molar-refractivity contribution in [3.63, 3.8) is 0 Å². The van der Waals surface area contributed by atoms with Crippen LogP contribution in [0.3, 0.4) is 0 Å². The second kappa shape index (κ2) is 7.37. The Kier molecular flexibility index (Phi) is 5.82. The van der Waals surface area contributed by atoms with Crippen LogP contribution >= 0.6 is 15.9 Å². The van der Waals surface area contributed by atoms with Gasteiger partial charge in [-0.1, -0.05) is 0 Å². The molecular weight excluding hydrogens is 326 g/mol. The standard InChI is InChI=1S/C13H12BrN3O3/c1-19-10-7-9(8-11(20-2)12(10)14)13(18)17(5-3-15)6-4-16/h7-8H,5-6H2,1-2H3. The SMILES string of the molecule is COc1cc(C(=O)N(CC#N)CC#N)cc(OC)c1Br. The van der Waals surface area contributed by atoms with Gasteiger partial charge >= 0.3 is 0 Å². The zero-order chi connectivity index (χ0) is 15.1. The molecule has 7 heteroatoms. The van der Waals surface area contributed by atoms with E-state index >= 15 is 0 Å². The summed E-state index contributed by atoms with van der Waals surface area (Å²) in [6.45, 7) is -0.319. The van der Waals surface area contributed by atoms with Crippen LogP contribution in [0.5, 0.6) is 11.5 Å². The van der Waals surface area contributed by atoms with Crippen LogP contribution in [0.2, 0.25) is 0 Å². The molecular formula is C13H12BrN3O3. The molecule has 0 bridgehead atoms. The molecule has 0 saturated carbocycles. The first-order valence-corrected chi connectivity index (χ1v) is 6.33. The number of nitrogens with zero attached hydrogens (tertiary/aromatic N) is 3. The van der Waals surface area contributed by atoms with Crippen LogP contribution in [-0.4, -0.2) is 38.1 Å². The first kappa shape index (κ1) is 15.8. The Morgan fingerprint density at radius 2 is 1.65 bits per heavy atom. The van der Waals surface area contributed by atoms with Crippen molar-refractivity contribution >= 4 is 21.8 Å². The number of methoxy groups -OCH3 is 2. The summed E-state index contributed by atoms with van der Waals surface area (Å²) >= 11 is 3.30. The molecule has 1 amide bonds. The van der Waals surface area contributed by atoms with E-state index in [1.54, 1.807) is 0 Å². The molecule has 1 rings (SSSR count). The van der Waals surface area contributed by atoms with Gasteiger partial charge in [0.2, 0.25) is 0 Å². The molecule has 0 aromatic heterocycles. The molecule has 0 aliphatic carbocycles. The van der Waals surface area contributed by atoms with Crippen molar-refractivity contribution in [2.45, 2.75) is 0 Å². The molecule has 0 spiro atoms. The Hall–Kier alpha value is -2.25. The van der Waals surface area contributed by atoms with Crippen LogP contribution in [0, 0.1) is 22.7 Å². The van der Waals surface area contributed by atoms with Gasteiger partial charge in [0.1, 0.15) is 29.1 Å². The lowest BCUT2D eigenvalue weighted by atomic mass is 10.1. The van der Waals surface area contributed by atoms with Crippen LogP contribution in [-0.2, 0) is 0 Å². The van der Waals surface area contributed by atoms with Crippen molar-refractivity contribution in [2.24, 2.45) is 0 Å². The normalized spacial score (nSPS) is 9.25. The maximum absolute atomic E-state index is 12.3. The van der Waals surface area contributed by atoms with E-state index in [2.05, 4.69) is 15.9 Å². The number of hydrogen-bond acceptors (Lipinski definition) is 5. The fraction of sp³-hybridized carbons (Fsp3) is 0.308. The zero-order valence-corrected chi connectivity index (χ0v) is 12.6. The van der Waals surface area contributed by atoms with Gasteiger partial charge in [-0.15, -0.1) is 0 Å². The minimum atomic E-state index is -0.433. The summed E-state index contributed by atoms with van der Waals surface area (Å²) in [5.74, 6) is 0.431. The lowest BCUT2D eigenvalue weighted by Gasteiger charge is -2.17. The number of carbonyl (C=O) groups excluding carboxylic acids is 1. The highest BCUT2D eigenvalue weighted by Gasteiger charge is 2.19. The fourth-order valence-electron chi connectivity index (χ4n) is 1.55. The first-order valence-electron chi connectivity index (χ1n) is 5.53. The average molecular weight is 338 g/mol. The monoisotopic (exact) mass is 337 g/mol. The van der Waals surface area contributed by atoms with Gasteiger partial charge in [0.25, 0.3) is 5.91 Å². The fourth-order valence-corrected chi connectivity index (χ4v) is 2.10. The van der Waals surface area contributed by atoms with Gasteiger partial charge in [-0.2, -0.15) is 10.5 Å². The average Bonchev–Trinajstić information content (AvgIpc) is 2.46. The van der Waals surface area contributed by atoms with Gasteiger partial charge in [-0.25, -0.2) is 0 Å². The van der Waals surface area contributed by atoms with Crippen molar-refractivity contribution in [1.29, 1.82) is 10.5 Å². The summed E-state index contributed by atoms with van der Waals surface area (Å²) in [5, 5.41) is 17.4. The number of carbonyl (C=O) groups is 1. The highest BCUT2D eigenvalue weighted by molar-refractivity contribution is 9.10. The number of ether oxygens (including phenoxy) is 2. The molecule has 0 aliphatic heterocycles. The van der Waals surface area contributed by atoms with Gasteiger partial charge in [0.05, 0.1) is 26.4 Å². The van der Waals surface area contributed by atoms with E-state index in [9.17, 15) is 4.79 Å². The predicted octanol–water partition coefficient (Wildman–Crippen LogP) is 1.96. The van der Waals surface area contributed by atoms with E-state index in [4.69, 9.17) is 20.0 Å². The number of halogens is 1. The predicted molar refractivity (Wildman–Crippen MR) is 74.4 cm³/mol. The van der Waals surface area contributed by atoms with E-state index in [-0.39, 0.29) is 18.7 Å². The minimum absolute atomic E-state index is 0.160. The lowest BCUT2D eigenvalue weighted by molar-refractivity contribution is 0.0794. The van der Waals surface area contributed by atoms with Crippen molar-refractivity contribution in [1.82, 2.24) is 4.90 Å². The van der Waals surface area contributed by atoms with E-state index in [0.29, 0.717) is 16.0 Å². The molecule has 0 fully saturated rings. The Morgan fingerprint density at radius 3 is 2.00 bits per heavy atom. The van der Waals surface area contributed by atoms with Crippen molar-refractivity contribution in [3.8, 4) is 23.6 Å². The quantitative estimate of drug-likeness (QED) is 0.766. The number of benzene rings is 1. The zero-order valence-electron chi connectivity index (χ0n) is 11.0. The third-order valence-electron chi connectivity index (χ3n) is 2.50. The van der Waals surface area contributed by atoms with E-state index in [1.165, 1.54) is 26.4 Å². The van der Waals surface area contributed by atoms with Crippen molar-refractivity contribution in [3.05, 3.63) is 22.2 Å². The summed E-state index contributed by atoms with van der Waals surface area (Å²) < 4.78 is 10.9. The second-order valence-corrected chi connectivity index (χ2v) is 4.47. The Labute approximate surface area is 125 Å². The number of rotatable bonds is 5. The molecule has 0 unspecified atom stereocenters. The maximum Gasteiger partial charge on any atom is 0.255 e. The molecule has 0 atom stereocenters. The maximum atomic E-state index is 12.3. The van der Waals surface area contributed by atoms with Crippen molar-refractivity contribution < 1.29 is 14.3 Å². The number of hydrogen-bond donors (Lipinski definition) is 0. The van der Waals surface area contributed by atoms with Crippen molar-refractivity contribution in [2.75, 3.05) is 27.3 Å². The smallest absolute Gasteiger partial charge is 0.255 e. The van der Waals surface area contributed by atoms with Crippen LogP contribution in [0.1, 0.15) is 10.4 Å². The summed E-state index contributed by atoms with van der Waals surface area (Å²) in [4.78, 5) is 13.4. The molecule has 6 nitrogen and oxygen atoms in total. The summed E-state index contributed by atoms with van der Waals surface area (Å²) in [7, 11) is 2.94. The Balaban J connectivity index is 3.22. The van der Waals surface area contributed by atoms with Gasteiger partial charge < -0.3 is 14.4 Å². The van der Waals surface area contributed by atoms with Crippen LogP contribution < -0.4 is 9.47 Å². The van der Waals surface area contributed by atoms with Gasteiger partial charge in [-0.05, 0) is 28.1 Å². The first-order chi connectivity index (χ1) is 9.58. The Bertz CT molecular complexity index is 548. The van der Waals surface area contributed by atoms with E-state index < -0.39 is 5.91 Å². The largest absolute Gasteiger partial charge is 0.495 e. The molecule has 0 saturated heterocycles. The summed E-state index contributed by atoms with van der Waals surface area (Å²) in [6.07, 6.45) is 0. The molecule has 0 heterocycles. The molecule has 1 aromatic carbocycles. The molecule has 104 valence electrons. The third kappa shape index (κ3) is 3.40. The third-order valence-corrected chi connectivity index (χ3v) is 3.28. The second-order valence-electron chi connectivity index (χ2n) is 3.67. The van der Waals surface area contributed by atoms with Gasteiger partial charge in [-0.3, -0.25) is 4.79 Å². The minimum Gasteiger partial charge on any atom is -0.495 e. The number of nitriles is 2. The number of amides is 1. The molecule has 0 aliphatic rings. The van der Waals surface area contributed by atoms with Gasteiger partial charge in [0, 0.05) is 5.56 Å². The molecule has 1 aromatic rings. The van der Waals surface area contributed by atoms with E-state index in [0.717, 1.165) is 4.90 Å². The van der Waals surface area contributed by atoms with Crippen LogP contribution in [0.15, 0.2) is 16.6 Å². The lowest BCUT2D eigenvalue weighted by Crippen LogP contribution is -2.31. The molecule has 20 heavy (non-hydrogen) atoms. The highest BCUT2D eigenvalue weighted by Crippen LogP contribution is 2.35. The topological polar surface area (TPSA) is 86.4 Å². The summed E-state index contributed by atoms with van der Waals surface area (Å²) in [6, 6.07) is 6.76. The van der Waals surface area contributed by atoms with Gasteiger partial charge in [0.15, 0.2) is 0 Å².